The normalized spacial score (nSPS) is 10.9. The van der Waals surface area contributed by atoms with Gasteiger partial charge in [-0.05, 0) is 82.1 Å². The molecule has 0 bridgehead atoms. The molecule has 0 spiro atoms. The van der Waals surface area contributed by atoms with Crippen molar-refractivity contribution in [3.05, 3.63) is 123 Å². The van der Waals surface area contributed by atoms with Crippen LogP contribution in [0, 0.1) is 13.8 Å². The zero-order chi connectivity index (χ0) is 35.2. The third kappa shape index (κ3) is 6.77. The van der Waals surface area contributed by atoms with Crippen LogP contribution in [0.25, 0.3) is 33.2 Å². The quantitative estimate of drug-likeness (QED) is 0.121. The summed E-state index contributed by atoms with van der Waals surface area (Å²) < 4.78 is 2.01. The van der Waals surface area contributed by atoms with E-state index in [0.29, 0.717) is 40.0 Å². The van der Waals surface area contributed by atoms with Crippen molar-refractivity contribution in [1.82, 2.24) is 14.9 Å². The Labute approximate surface area is 288 Å². The fraction of sp³-hybridized carbons (Fsp3) is 0.268. The van der Waals surface area contributed by atoms with Crippen molar-refractivity contribution < 1.29 is 9.59 Å². The fourth-order valence-corrected chi connectivity index (χ4v) is 6.43. The van der Waals surface area contributed by atoms with Crippen molar-refractivity contribution >= 4 is 45.0 Å². The summed E-state index contributed by atoms with van der Waals surface area (Å²) in [6, 6.07) is 26.3. The standard InChI is InChI=1S/C39H39N5O3.C2H6/c1-6-43(7-2)28-19-20-30-32(22-28)44(8-3)36-34(39(47)40-23-27-18-17-24(4)21-25(27)5)37(45)29-15-12-16-31(33(29)35(36)41-30)42-38(46)26-13-10-9-11-14-26;1-2/h9-22H,6-8,23H2,1-5H3,(H,40,47)(H,42,46);1-2H3. The summed E-state index contributed by atoms with van der Waals surface area (Å²) in [6.45, 7) is 16.7. The van der Waals surface area contributed by atoms with Gasteiger partial charge in [-0.1, -0.05) is 67.9 Å². The molecule has 0 saturated carbocycles. The third-order valence-corrected chi connectivity index (χ3v) is 8.88. The van der Waals surface area contributed by atoms with Crippen molar-refractivity contribution in [3.63, 3.8) is 0 Å². The van der Waals surface area contributed by atoms with Gasteiger partial charge in [-0.25, -0.2) is 4.98 Å². The summed E-state index contributed by atoms with van der Waals surface area (Å²) >= 11 is 0. The first-order chi connectivity index (χ1) is 23.7. The lowest BCUT2D eigenvalue weighted by atomic mass is 9.95. The number of aromatic nitrogens is 2. The van der Waals surface area contributed by atoms with Crippen molar-refractivity contribution in [1.29, 1.82) is 0 Å². The van der Waals surface area contributed by atoms with E-state index in [1.54, 1.807) is 42.5 Å². The van der Waals surface area contributed by atoms with Gasteiger partial charge in [0, 0.05) is 48.2 Å². The summed E-state index contributed by atoms with van der Waals surface area (Å²) in [5, 5.41) is 6.86. The van der Waals surface area contributed by atoms with Crippen LogP contribution in [-0.2, 0) is 13.1 Å². The van der Waals surface area contributed by atoms with Gasteiger partial charge in [0.05, 0.1) is 28.1 Å². The molecule has 0 atom stereocenters. The zero-order valence-electron chi connectivity index (χ0n) is 29.5. The lowest BCUT2D eigenvalue weighted by molar-refractivity contribution is 0.0949. The Morgan fingerprint density at radius 2 is 1.57 bits per heavy atom. The highest BCUT2D eigenvalue weighted by Gasteiger charge is 2.29. The maximum absolute atomic E-state index is 14.5. The van der Waals surface area contributed by atoms with Gasteiger partial charge >= 0.3 is 0 Å². The molecule has 252 valence electrons. The molecule has 8 heteroatoms. The summed E-state index contributed by atoms with van der Waals surface area (Å²) in [7, 11) is 0. The number of nitrogens with one attached hydrogen (secondary N) is 2. The van der Waals surface area contributed by atoms with Gasteiger partial charge in [0.15, 0.2) is 0 Å². The van der Waals surface area contributed by atoms with E-state index >= 15 is 0 Å². The SMILES string of the molecule is CC.CCN(CC)c1ccc2nc3c4c(NC(=O)c5ccccc5)cccc4c(=O)c(C(=O)NCc4ccc(C)cc4C)c-3n(CC)c2c1. The van der Waals surface area contributed by atoms with Crippen LogP contribution in [0.4, 0.5) is 11.4 Å². The molecule has 49 heavy (non-hydrogen) atoms. The van der Waals surface area contributed by atoms with Crippen LogP contribution < -0.4 is 21.0 Å². The lowest BCUT2D eigenvalue weighted by Crippen LogP contribution is -2.31. The molecule has 0 fully saturated rings. The Balaban J connectivity index is 0.00000230. The van der Waals surface area contributed by atoms with Crippen molar-refractivity contribution in [3.8, 4) is 11.4 Å². The van der Waals surface area contributed by atoms with E-state index in [2.05, 4.69) is 41.5 Å². The molecule has 4 aromatic rings. The Hall–Kier alpha value is -5.50. The van der Waals surface area contributed by atoms with E-state index in [4.69, 9.17) is 4.98 Å². The average Bonchev–Trinajstić information content (AvgIpc) is 3.12. The maximum atomic E-state index is 14.5. The number of hydrogen-bond acceptors (Lipinski definition) is 5. The minimum atomic E-state index is -0.469. The molecule has 8 nitrogen and oxygen atoms in total. The summed E-state index contributed by atoms with van der Waals surface area (Å²) in [6.07, 6.45) is 0. The first-order valence-corrected chi connectivity index (χ1v) is 17.1. The van der Waals surface area contributed by atoms with Crippen LogP contribution in [0.3, 0.4) is 0 Å². The number of nitrogens with zero attached hydrogens (tertiary/aromatic N) is 3. The lowest BCUT2D eigenvalue weighted by Gasteiger charge is -2.25. The van der Waals surface area contributed by atoms with Crippen LogP contribution in [0.15, 0.2) is 89.7 Å². The van der Waals surface area contributed by atoms with Crippen LogP contribution in [0.2, 0.25) is 0 Å². The number of rotatable bonds is 9. The Kier molecular flexibility index (Phi) is 10.8. The van der Waals surface area contributed by atoms with E-state index in [-0.39, 0.29) is 18.0 Å². The average molecular weight is 656 g/mol. The molecule has 1 aliphatic heterocycles. The largest absolute Gasteiger partial charge is 0.372 e. The summed E-state index contributed by atoms with van der Waals surface area (Å²) in [4.78, 5) is 49.3. The smallest absolute Gasteiger partial charge is 0.257 e. The number of carbonyl (C=O) groups is 2. The molecule has 1 heterocycles. The monoisotopic (exact) mass is 655 g/mol. The zero-order valence-corrected chi connectivity index (χ0v) is 29.5. The van der Waals surface area contributed by atoms with Crippen molar-refractivity contribution in [2.45, 2.75) is 61.6 Å². The van der Waals surface area contributed by atoms with Crippen LogP contribution >= 0.6 is 0 Å². The number of aryl methyl sites for hydroxylation is 3. The van der Waals surface area contributed by atoms with E-state index in [0.717, 1.165) is 46.5 Å². The van der Waals surface area contributed by atoms with Crippen molar-refractivity contribution in [2.24, 2.45) is 0 Å². The van der Waals surface area contributed by atoms with Gasteiger partial charge in [-0.2, -0.15) is 0 Å². The molecule has 1 aliphatic carbocycles. The molecule has 0 radical (unpaired) electrons. The molecule has 2 amide bonds. The molecular weight excluding hydrogens is 610 g/mol. The van der Waals surface area contributed by atoms with Crippen LogP contribution in [0.1, 0.15) is 72.0 Å². The van der Waals surface area contributed by atoms with Gasteiger partial charge < -0.3 is 20.1 Å². The number of carbonyl (C=O) groups excluding carboxylic acids is 2. The third-order valence-electron chi connectivity index (χ3n) is 8.88. The highest BCUT2D eigenvalue weighted by atomic mass is 16.2. The van der Waals surface area contributed by atoms with Gasteiger partial charge in [-0.3, -0.25) is 14.4 Å². The van der Waals surface area contributed by atoms with Gasteiger partial charge in [0.2, 0.25) is 5.43 Å². The first kappa shape index (κ1) is 34.8. The highest BCUT2D eigenvalue weighted by molar-refractivity contribution is 6.16. The molecule has 2 aliphatic rings. The summed E-state index contributed by atoms with van der Waals surface area (Å²) in [5.74, 6) is -0.772. The number of anilines is 2. The number of amides is 2. The predicted molar refractivity (Wildman–Crippen MR) is 202 cm³/mol. The Morgan fingerprint density at radius 3 is 2.24 bits per heavy atom. The predicted octanol–water partition coefficient (Wildman–Crippen LogP) is 8.35. The van der Waals surface area contributed by atoms with E-state index in [1.807, 2.05) is 69.5 Å². The minimum absolute atomic E-state index is 0.0355. The molecule has 2 N–H and O–H groups in total. The second-order valence-electron chi connectivity index (χ2n) is 11.8. The second kappa shape index (κ2) is 15.2. The Morgan fingerprint density at radius 1 is 0.837 bits per heavy atom. The maximum Gasteiger partial charge on any atom is 0.257 e. The number of fused-ring (bicyclic) bond motifs is 4. The van der Waals surface area contributed by atoms with E-state index in [1.165, 1.54) is 0 Å². The van der Waals surface area contributed by atoms with Crippen molar-refractivity contribution in [2.75, 3.05) is 23.3 Å². The van der Waals surface area contributed by atoms with Gasteiger partial charge in [-0.15, -0.1) is 0 Å². The Bertz CT molecular complexity index is 2170. The second-order valence-corrected chi connectivity index (χ2v) is 11.8. The number of benzene rings is 5. The van der Waals surface area contributed by atoms with E-state index < -0.39 is 11.3 Å². The van der Waals surface area contributed by atoms with Gasteiger partial charge in [0.25, 0.3) is 11.8 Å². The molecule has 0 aromatic heterocycles. The van der Waals surface area contributed by atoms with Gasteiger partial charge in [0.1, 0.15) is 5.56 Å². The first-order valence-electron chi connectivity index (χ1n) is 17.1. The molecule has 0 unspecified atom stereocenters. The molecule has 0 saturated heterocycles. The highest BCUT2D eigenvalue weighted by Crippen LogP contribution is 2.38. The van der Waals surface area contributed by atoms with Crippen LogP contribution in [-0.4, -0.2) is 34.5 Å². The molecular formula is C41H45N5O3. The summed E-state index contributed by atoms with van der Waals surface area (Å²) in [5.41, 5.74) is 7.24. The topological polar surface area (TPSA) is 96.3 Å². The molecule has 4 aromatic carbocycles. The minimum Gasteiger partial charge on any atom is -0.372 e. The number of hydrogen-bond donors (Lipinski definition) is 2. The fourth-order valence-electron chi connectivity index (χ4n) is 6.43. The van der Waals surface area contributed by atoms with E-state index in [9.17, 15) is 14.4 Å². The molecule has 6 rings (SSSR count). The van der Waals surface area contributed by atoms with Crippen LogP contribution in [0.5, 0.6) is 0 Å².